The minimum Gasteiger partial charge on any atom is -0.488 e. The van der Waals surface area contributed by atoms with E-state index >= 15 is 0 Å². The summed E-state index contributed by atoms with van der Waals surface area (Å²) in [5, 5.41) is 5.66. The minimum absolute atomic E-state index is 0.0291. The van der Waals surface area contributed by atoms with Crippen LogP contribution in [0.15, 0.2) is 41.7 Å². The SMILES string of the molecule is COC(=O)N[C@H](C(=O)N1CCC[C@H]1C1=NC=C(c2cc3c4c(c2)OCc2cc(-c5cnc([C@@H]6CCCN6C(=O)[C@@H](NC(=O)OC)C6CCOCC6)[nH]5)cc(c2-4)OC3)C1)C1CCOCC1. The number of aliphatic imine (C=N–C) groups is 1. The zero-order chi connectivity index (χ0) is 43.9. The summed E-state index contributed by atoms with van der Waals surface area (Å²) in [5.41, 5.74) is 8.81. The molecule has 64 heavy (non-hydrogen) atoms. The van der Waals surface area contributed by atoms with E-state index in [1.807, 2.05) is 28.3 Å². The maximum absolute atomic E-state index is 14.1. The summed E-state index contributed by atoms with van der Waals surface area (Å²) in [6.07, 6.45) is 9.08. The second-order valence-electron chi connectivity index (χ2n) is 17.7. The van der Waals surface area contributed by atoms with Gasteiger partial charge in [-0.2, -0.15) is 0 Å². The van der Waals surface area contributed by atoms with Crippen molar-refractivity contribution in [3.05, 3.63) is 59.2 Å². The van der Waals surface area contributed by atoms with Gasteiger partial charge in [0.1, 0.15) is 42.6 Å². The molecule has 0 unspecified atom stereocenters. The van der Waals surface area contributed by atoms with Crippen molar-refractivity contribution in [1.29, 1.82) is 0 Å². The van der Waals surface area contributed by atoms with Crippen LogP contribution in [0.25, 0.3) is 28.0 Å². The molecule has 17 nitrogen and oxygen atoms in total. The highest BCUT2D eigenvalue weighted by molar-refractivity contribution is 6.04. The molecule has 4 fully saturated rings. The maximum atomic E-state index is 14.1. The molecule has 1 aromatic heterocycles. The van der Waals surface area contributed by atoms with Crippen LogP contribution in [0, 0.1) is 11.8 Å². The molecule has 4 amide bonds. The molecule has 3 aromatic rings. The van der Waals surface area contributed by atoms with E-state index in [0.717, 1.165) is 87.5 Å². The molecule has 0 saturated carbocycles. The molecule has 0 spiro atoms. The predicted molar refractivity (Wildman–Crippen MR) is 232 cm³/mol. The van der Waals surface area contributed by atoms with Gasteiger partial charge in [0.2, 0.25) is 11.8 Å². The van der Waals surface area contributed by atoms with Crippen LogP contribution >= 0.6 is 0 Å². The normalized spacial score (nSPS) is 22.7. The fourth-order valence-corrected chi connectivity index (χ4v) is 10.8. The van der Waals surface area contributed by atoms with Gasteiger partial charge in [-0.3, -0.25) is 14.6 Å². The van der Waals surface area contributed by atoms with Crippen LogP contribution < -0.4 is 20.1 Å². The Morgan fingerprint density at radius 2 is 1.25 bits per heavy atom. The number of nitrogens with zero attached hydrogens (tertiary/aromatic N) is 4. The molecule has 0 radical (unpaired) electrons. The second kappa shape index (κ2) is 17.9. The number of rotatable bonds is 10. The lowest BCUT2D eigenvalue weighted by molar-refractivity contribution is -0.137. The number of nitrogens with one attached hydrogen (secondary N) is 3. The zero-order valence-corrected chi connectivity index (χ0v) is 36.3. The van der Waals surface area contributed by atoms with E-state index in [1.54, 1.807) is 0 Å². The Kier molecular flexibility index (Phi) is 11.8. The molecule has 17 heteroatoms. The average molecular weight is 878 g/mol. The van der Waals surface area contributed by atoms with E-state index in [1.165, 1.54) is 14.2 Å². The highest BCUT2D eigenvalue weighted by Gasteiger charge is 2.42. The van der Waals surface area contributed by atoms with Crippen LogP contribution in [0.2, 0.25) is 0 Å². The first-order chi connectivity index (χ1) is 31.3. The zero-order valence-electron chi connectivity index (χ0n) is 36.3. The highest BCUT2D eigenvalue weighted by atomic mass is 16.5. The third-order valence-electron chi connectivity index (χ3n) is 14.1. The van der Waals surface area contributed by atoms with Crippen LogP contribution in [-0.4, -0.2) is 121 Å². The predicted octanol–water partition coefficient (Wildman–Crippen LogP) is 5.67. The molecule has 7 aliphatic heterocycles. The molecular weight excluding hydrogens is 823 g/mol. The van der Waals surface area contributed by atoms with Crippen molar-refractivity contribution < 1.29 is 47.6 Å². The standard InChI is InChI=1S/C47H55N7O10/c1-59-46(57)51-41(26-7-13-61-14-8-26)44(55)53-11-3-5-35(53)33-19-30(22-48-33)28-17-31-24-64-38-21-29(18-32-25-63-37(20-28)39(31)40(32)38)34-23-49-43(50-34)36-6-4-12-54(36)45(56)42(52-47(58)60-2)27-9-15-62-16-10-27/h17-18,20-23,26-27,35-36,41-42H,3-16,19,24-25H2,1-2H3,(H,49,50)(H,51,57)(H,52,58)/t35-,36-,41-,42-/m0/s1. The van der Waals surface area contributed by atoms with Crippen molar-refractivity contribution in [2.45, 2.75) is 95.2 Å². The van der Waals surface area contributed by atoms with Gasteiger partial charge in [0.15, 0.2) is 0 Å². The van der Waals surface area contributed by atoms with Crippen LogP contribution in [0.3, 0.4) is 0 Å². The van der Waals surface area contributed by atoms with E-state index in [-0.39, 0.29) is 35.7 Å². The van der Waals surface area contributed by atoms with Gasteiger partial charge in [0.05, 0.1) is 38.2 Å². The first-order valence-electron chi connectivity index (χ1n) is 22.6. The summed E-state index contributed by atoms with van der Waals surface area (Å²) in [6, 6.07) is 6.62. The van der Waals surface area contributed by atoms with E-state index in [4.69, 9.17) is 38.4 Å². The van der Waals surface area contributed by atoms with Gasteiger partial charge < -0.3 is 53.8 Å². The van der Waals surface area contributed by atoms with Gasteiger partial charge in [-0.1, -0.05) is 0 Å². The molecule has 7 aliphatic rings. The molecule has 0 aliphatic carbocycles. The fraction of sp³-hybridized carbons (Fsp3) is 0.532. The van der Waals surface area contributed by atoms with Crippen LogP contribution in [0.4, 0.5) is 9.59 Å². The molecule has 4 saturated heterocycles. The Morgan fingerprint density at radius 3 is 1.83 bits per heavy atom. The highest BCUT2D eigenvalue weighted by Crippen LogP contribution is 2.51. The Hall–Kier alpha value is -5.94. The summed E-state index contributed by atoms with van der Waals surface area (Å²) < 4.78 is 33.9. The topological polar surface area (TPSA) is 195 Å². The number of H-pyrrole nitrogens is 1. The number of hydrogen-bond acceptors (Lipinski definition) is 12. The smallest absolute Gasteiger partial charge is 0.407 e. The molecule has 4 atom stereocenters. The number of ether oxygens (including phenoxy) is 6. The quantitative estimate of drug-likeness (QED) is 0.227. The summed E-state index contributed by atoms with van der Waals surface area (Å²) in [7, 11) is 2.62. The van der Waals surface area contributed by atoms with Crippen LogP contribution in [0.5, 0.6) is 11.5 Å². The molecule has 2 aromatic carbocycles. The van der Waals surface area contributed by atoms with Gasteiger partial charge in [-0.25, -0.2) is 14.6 Å². The molecule has 338 valence electrons. The molecule has 3 N–H and O–H groups in total. The number of aromatic amines is 1. The van der Waals surface area contributed by atoms with Crippen molar-refractivity contribution in [1.82, 2.24) is 30.4 Å². The van der Waals surface area contributed by atoms with Crippen LogP contribution in [0.1, 0.15) is 86.3 Å². The summed E-state index contributed by atoms with van der Waals surface area (Å²) >= 11 is 0. The fourth-order valence-electron chi connectivity index (χ4n) is 10.8. The third-order valence-corrected chi connectivity index (χ3v) is 14.1. The van der Waals surface area contributed by atoms with E-state index in [0.29, 0.717) is 90.7 Å². The number of carbonyl (C=O) groups is 4. The van der Waals surface area contributed by atoms with Gasteiger partial charge in [0.25, 0.3) is 0 Å². The molecular formula is C47H55N7O10. The second-order valence-corrected chi connectivity index (χ2v) is 17.7. The number of allylic oxidation sites excluding steroid dienone is 1. The van der Waals surface area contributed by atoms with E-state index in [9.17, 15) is 19.2 Å². The number of hydrogen-bond donors (Lipinski definition) is 3. The van der Waals surface area contributed by atoms with E-state index in [2.05, 4.69) is 33.8 Å². The van der Waals surface area contributed by atoms with Gasteiger partial charge in [-0.15, -0.1) is 0 Å². The number of carbonyl (C=O) groups excluding carboxylic acids is 4. The Bertz CT molecular complexity index is 2330. The van der Waals surface area contributed by atoms with Gasteiger partial charge >= 0.3 is 12.2 Å². The van der Waals surface area contributed by atoms with Crippen molar-refractivity contribution in [3.63, 3.8) is 0 Å². The largest absolute Gasteiger partial charge is 0.488 e. The number of aromatic nitrogens is 2. The summed E-state index contributed by atoms with van der Waals surface area (Å²) in [4.78, 5) is 69.9. The minimum atomic E-state index is -0.707. The van der Waals surface area contributed by atoms with Crippen molar-refractivity contribution in [3.8, 4) is 33.9 Å². The van der Waals surface area contributed by atoms with Gasteiger partial charge in [-0.05, 0) is 98.6 Å². The van der Waals surface area contributed by atoms with Crippen molar-refractivity contribution >= 4 is 35.3 Å². The van der Waals surface area contributed by atoms with Crippen molar-refractivity contribution in [2.75, 3.05) is 53.7 Å². The number of imidazole rings is 1. The van der Waals surface area contributed by atoms with E-state index < -0.39 is 24.3 Å². The Balaban J connectivity index is 0.839. The number of methoxy groups -OCH3 is 2. The lowest BCUT2D eigenvalue weighted by atomic mass is 9.86. The molecule has 8 heterocycles. The summed E-state index contributed by atoms with van der Waals surface area (Å²) in [6.45, 7) is 4.11. The Morgan fingerprint density at radius 1 is 0.719 bits per heavy atom. The number of likely N-dealkylation sites (tertiary alicyclic amines) is 2. The lowest BCUT2D eigenvalue weighted by Gasteiger charge is -2.34. The van der Waals surface area contributed by atoms with Crippen LogP contribution in [-0.2, 0) is 41.8 Å². The Labute approximate surface area is 371 Å². The van der Waals surface area contributed by atoms with Crippen molar-refractivity contribution in [2.24, 2.45) is 16.8 Å². The maximum Gasteiger partial charge on any atom is 0.407 e. The monoisotopic (exact) mass is 877 g/mol. The lowest BCUT2D eigenvalue weighted by Crippen LogP contribution is -2.55. The number of alkyl carbamates (subject to hydrolysis) is 2. The third kappa shape index (κ3) is 7.97. The summed E-state index contributed by atoms with van der Waals surface area (Å²) in [5.74, 6) is 1.97. The number of benzene rings is 2. The average Bonchev–Trinajstić information content (AvgIpc) is 4.19. The molecule has 0 bridgehead atoms. The first-order valence-corrected chi connectivity index (χ1v) is 22.6. The first kappa shape index (κ1) is 42.0. The molecule has 10 rings (SSSR count). The number of amides is 4. The van der Waals surface area contributed by atoms with Gasteiger partial charge in [0, 0.05) is 85.7 Å².